The molecule has 2 rings (SSSR count). The highest BCUT2D eigenvalue weighted by atomic mass is 28.4. The van der Waals surface area contributed by atoms with Crippen molar-refractivity contribution in [2.45, 2.75) is 57.7 Å². The molecule has 1 aliphatic rings. The Morgan fingerprint density at radius 2 is 1.76 bits per heavy atom. The van der Waals surface area contributed by atoms with Crippen LogP contribution < -0.4 is 0 Å². The van der Waals surface area contributed by atoms with E-state index in [1.165, 1.54) is 37.7 Å². The molecule has 0 spiro atoms. The van der Waals surface area contributed by atoms with Gasteiger partial charge in [0, 0.05) is 0 Å². The van der Waals surface area contributed by atoms with Crippen molar-refractivity contribution >= 4 is 14.2 Å². The maximum absolute atomic E-state index is 9.54. The van der Waals surface area contributed by atoms with Crippen molar-refractivity contribution in [2.24, 2.45) is 11.1 Å². The van der Waals surface area contributed by atoms with E-state index in [1.807, 2.05) is 6.07 Å². The zero-order chi connectivity index (χ0) is 15.3. The first-order chi connectivity index (χ1) is 10.0. The average molecular weight is 305 g/mol. The van der Waals surface area contributed by atoms with Crippen molar-refractivity contribution in [1.29, 1.82) is 0 Å². The monoisotopic (exact) mass is 305 g/mol. The van der Waals surface area contributed by atoms with Crippen molar-refractivity contribution in [1.82, 2.24) is 0 Å². The van der Waals surface area contributed by atoms with E-state index in [9.17, 15) is 5.21 Å². The predicted molar refractivity (Wildman–Crippen MR) is 89.4 cm³/mol. The van der Waals surface area contributed by atoms with Gasteiger partial charge in [0.1, 0.15) is 0 Å². The van der Waals surface area contributed by atoms with Crippen LogP contribution in [0.1, 0.15) is 43.6 Å². The summed E-state index contributed by atoms with van der Waals surface area (Å²) in [5, 5.41) is 13.1. The zero-order valence-electron chi connectivity index (χ0n) is 13.4. The van der Waals surface area contributed by atoms with Crippen LogP contribution >= 0.6 is 0 Å². The molecule has 4 heteroatoms. The Morgan fingerprint density at radius 3 is 2.29 bits per heavy atom. The lowest BCUT2D eigenvalue weighted by molar-refractivity contribution is 0.277. The first-order valence-corrected chi connectivity index (χ1v) is 11.4. The summed E-state index contributed by atoms with van der Waals surface area (Å²) in [5.74, 6) is 1.12. The topological polar surface area (TPSA) is 41.8 Å². The summed E-state index contributed by atoms with van der Waals surface area (Å²) in [6.07, 6.45) is 6.22. The lowest BCUT2D eigenvalue weighted by Gasteiger charge is -2.33. The maximum Gasteiger partial charge on any atom is 0.243 e. The molecule has 1 aliphatic carbocycles. The van der Waals surface area contributed by atoms with Gasteiger partial charge < -0.3 is 9.63 Å². The van der Waals surface area contributed by atoms with Crippen LogP contribution in [0.4, 0.5) is 0 Å². The molecule has 1 aromatic rings. The van der Waals surface area contributed by atoms with Crippen molar-refractivity contribution < 1.29 is 9.63 Å². The minimum absolute atomic E-state index is 0.0863. The second-order valence-electron chi connectivity index (χ2n) is 6.94. The number of benzene rings is 1. The van der Waals surface area contributed by atoms with Gasteiger partial charge >= 0.3 is 0 Å². The first kappa shape index (κ1) is 16.1. The van der Waals surface area contributed by atoms with Crippen LogP contribution in [0.5, 0.6) is 0 Å². The van der Waals surface area contributed by atoms with Crippen LogP contribution in [-0.2, 0) is 4.43 Å². The second-order valence-corrected chi connectivity index (χ2v) is 11.4. The molecule has 1 saturated carbocycles. The third kappa shape index (κ3) is 4.60. The molecule has 0 aromatic heterocycles. The number of nitrogens with zero attached hydrogens (tertiary/aromatic N) is 1. The van der Waals surface area contributed by atoms with Gasteiger partial charge in [-0.3, -0.25) is 0 Å². The molecular formula is C17H27NO2Si. The van der Waals surface area contributed by atoms with E-state index in [4.69, 9.17) is 4.43 Å². The molecule has 0 heterocycles. The quantitative estimate of drug-likeness (QED) is 0.280. The molecule has 116 valence electrons. The van der Waals surface area contributed by atoms with Crippen molar-refractivity contribution in [2.75, 3.05) is 0 Å². The van der Waals surface area contributed by atoms with Gasteiger partial charge in [-0.1, -0.05) is 54.8 Å². The van der Waals surface area contributed by atoms with Crippen molar-refractivity contribution in [3.05, 3.63) is 35.9 Å². The van der Waals surface area contributed by atoms with E-state index in [2.05, 4.69) is 49.1 Å². The number of hydrogen-bond donors (Lipinski definition) is 1. The Bertz CT molecular complexity index is 461. The van der Waals surface area contributed by atoms with Gasteiger partial charge in [0.05, 0.1) is 5.92 Å². The maximum atomic E-state index is 9.54. The molecule has 1 unspecified atom stereocenters. The van der Waals surface area contributed by atoms with Gasteiger partial charge in [-0.05, 0) is 44.0 Å². The minimum atomic E-state index is -1.79. The largest absolute Gasteiger partial charge is 0.532 e. The molecule has 3 nitrogen and oxygen atoms in total. The molecular weight excluding hydrogens is 278 g/mol. The van der Waals surface area contributed by atoms with Gasteiger partial charge in [-0.2, -0.15) is 0 Å². The molecule has 0 amide bonds. The van der Waals surface area contributed by atoms with Crippen molar-refractivity contribution in [3.63, 3.8) is 0 Å². The van der Waals surface area contributed by atoms with E-state index >= 15 is 0 Å². The normalized spacial score (nSPS) is 19.3. The molecule has 0 aliphatic heterocycles. The van der Waals surface area contributed by atoms with E-state index in [-0.39, 0.29) is 5.92 Å². The molecule has 21 heavy (non-hydrogen) atoms. The van der Waals surface area contributed by atoms with Crippen LogP contribution in [-0.4, -0.2) is 19.4 Å². The van der Waals surface area contributed by atoms with E-state index < -0.39 is 8.32 Å². The summed E-state index contributed by atoms with van der Waals surface area (Å²) in [4.78, 5) is 0. The van der Waals surface area contributed by atoms with E-state index in [0.717, 1.165) is 0 Å². The third-order valence-corrected chi connectivity index (χ3v) is 4.88. The number of rotatable bonds is 4. The van der Waals surface area contributed by atoms with Crippen LogP contribution in [0.15, 0.2) is 35.5 Å². The fraction of sp³-hybridized carbons (Fsp3) is 0.588. The Morgan fingerprint density at radius 1 is 1.14 bits per heavy atom. The summed E-state index contributed by atoms with van der Waals surface area (Å²) in [6.45, 7) is 6.38. The summed E-state index contributed by atoms with van der Waals surface area (Å²) in [7, 11) is -1.79. The molecule has 0 bridgehead atoms. The molecule has 1 fully saturated rings. The lowest BCUT2D eigenvalue weighted by atomic mass is 9.76. The third-order valence-electron chi connectivity index (χ3n) is 4.06. The number of hydrogen-bond acceptors (Lipinski definition) is 3. The predicted octanol–water partition coefficient (Wildman–Crippen LogP) is 4.99. The van der Waals surface area contributed by atoms with Gasteiger partial charge in [0.15, 0.2) is 0 Å². The highest BCUT2D eigenvalue weighted by Gasteiger charge is 2.33. The SMILES string of the molecule is C[Si](C)(C)OC(=NO)C(c1ccccc1)C1CCCCC1. The van der Waals surface area contributed by atoms with Gasteiger partial charge in [0.25, 0.3) is 0 Å². The first-order valence-electron chi connectivity index (χ1n) is 7.97. The second kappa shape index (κ2) is 7.12. The average Bonchev–Trinajstić information content (AvgIpc) is 2.47. The highest BCUT2D eigenvalue weighted by molar-refractivity contribution is 6.71. The Labute approximate surface area is 129 Å². The zero-order valence-corrected chi connectivity index (χ0v) is 14.4. The Hall–Kier alpha value is -1.29. The minimum Gasteiger partial charge on any atom is -0.532 e. The molecule has 1 N–H and O–H groups in total. The number of oxime groups is 1. The smallest absolute Gasteiger partial charge is 0.243 e. The molecule has 1 atom stereocenters. The van der Waals surface area contributed by atoms with Crippen LogP contribution in [0.2, 0.25) is 19.6 Å². The lowest BCUT2D eigenvalue weighted by Crippen LogP contribution is -2.35. The molecule has 0 saturated heterocycles. The summed E-state index contributed by atoms with van der Waals surface area (Å²) in [5.41, 5.74) is 1.20. The summed E-state index contributed by atoms with van der Waals surface area (Å²) >= 11 is 0. The van der Waals surface area contributed by atoms with Crippen LogP contribution in [0, 0.1) is 5.92 Å². The fourth-order valence-corrected chi connectivity index (χ4v) is 4.00. The van der Waals surface area contributed by atoms with Crippen molar-refractivity contribution in [3.8, 4) is 0 Å². The van der Waals surface area contributed by atoms with Crippen LogP contribution in [0.3, 0.4) is 0 Å². The Kier molecular flexibility index (Phi) is 5.45. The summed E-state index contributed by atoms with van der Waals surface area (Å²) < 4.78 is 6.10. The Balaban J connectivity index is 2.30. The van der Waals surface area contributed by atoms with Gasteiger partial charge in [-0.25, -0.2) is 0 Å². The van der Waals surface area contributed by atoms with Gasteiger partial charge in [0.2, 0.25) is 14.2 Å². The standard InChI is InChI=1S/C17H27NO2Si/c1-21(2,3)20-17(18-19)16(14-10-6-4-7-11-14)15-12-8-5-9-13-15/h4,6-7,10-11,15-16,19H,5,8-9,12-13H2,1-3H3. The van der Waals surface area contributed by atoms with Crippen LogP contribution in [0.25, 0.3) is 0 Å². The molecule has 1 aromatic carbocycles. The summed E-state index contributed by atoms with van der Waals surface area (Å²) in [6, 6.07) is 10.4. The molecule has 0 radical (unpaired) electrons. The fourth-order valence-electron chi connectivity index (χ4n) is 3.20. The van der Waals surface area contributed by atoms with Gasteiger partial charge in [-0.15, -0.1) is 0 Å². The van der Waals surface area contributed by atoms with E-state index in [0.29, 0.717) is 11.8 Å². The highest BCUT2D eigenvalue weighted by Crippen LogP contribution is 2.37. The van der Waals surface area contributed by atoms with E-state index in [1.54, 1.807) is 0 Å².